The fraction of sp³-hybridized carbons (Fsp3) is 0.308. The standard InChI is InChI=1S/C26H30N2O/c29-26-21-27(18-22-10-4-1-5-11-22)17-16-25(26)28(19-23-12-6-2-7-13-23)20-24-14-8-3-9-15-24/h1-15,25-26,29H,16-21H2/t25?,26-/m1/s1. The van der Waals surface area contributed by atoms with E-state index < -0.39 is 0 Å². The molecule has 0 spiro atoms. The minimum atomic E-state index is -0.347. The van der Waals surface area contributed by atoms with Crippen LogP contribution in [0.1, 0.15) is 23.1 Å². The summed E-state index contributed by atoms with van der Waals surface area (Å²) in [5.74, 6) is 0. The van der Waals surface area contributed by atoms with E-state index in [1.807, 2.05) is 0 Å². The summed E-state index contributed by atoms with van der Waals surface area (Å²) < 4.78 is 0. The Morgan fingerprint density at radius 2 is 1.21 bits per heavy atom. The predicted molar refractivity (Wildman–Crippen MR) is 118 cm³/mol. The van der Waals surface area contributed by atoms with Crippen LogP contribution in [-0.4, -0.2) is 40.1 Å². The number of hydrogen-bond donors (Lipinski definition) is 1. The van der Waals surface area contributed by atoms with Crippen LogP contribution in [0.25, 0.3) is 0 Å². The number of aliphatic hydroxyl groups excluding tert-OH is 1. The molecule has 1 fully saturated rings. The van der Waals surface area contributed by atoms with E-state index in [1.165, 1.54) is 16.7 Å². The number of likely N-dealkylation sites (tertiary alicyclic amines) is 1. The highest BCUT2D eigenvalue weighted by Gasteiger charge is 2.32. The van der Waals surface area contributed by atoms with Gasteiger partial charge in [-0.05, 0) is 23.1 Å². The number of hydrogen-bond acceptors (Lipinski definition) is 3. The molecule has 4 rings (SSSR count). The van der Waals surface area contributed by atoms with Gasteiger partial charge in [-0.15, -0.1) is 0 Å². The van der Waals surface area contributed by atoms with Crippen molar-refractivity contribution in [2.45, 2.75) is 38.2 Å². The summed E-state index contributed by atoms with van der Waals surface area (Å²) in [5.41, 5.74) is 3.90. The first-order chi connectivity index (χ1) is 14.3. The Balaban J connectivity index is 1.45. The molecule has 3 aromatic rings. The van der Waals surface area contributed by atoms with Gasteiger partial charge in [0.15, 0.2) is 0 Å². The maximum absolute atomic E-state index is 11.1. The smallest absolute Gasteiger partial charge is 0.0822 e. The zero-order valence-corrected chi connectivity index (χ0v) is 16.9. The third kappa shape index (κ3) is 5.54. The third-order valence-corrected chi connectivity index (χ3v) is 5.81. The van der Waals surface area contributed by atoms with Gasteiger partial charge < -0.3 is 5.11 Å². The molecule has 29 heavy (non-hydrogen) atoms. The zero-order chi connectivity index (χ0) is 19.9. The Labute approximate surface area is 174 Å². The molecule has 0 bridgehead atoms. The summed E-state index contributed by atoms with van der Waals surface area (Å²) in [6.45, 7) is 4.35. The van der Waals surface area contributed by atoms with E-state index in [9.17, 15) is 5.11 Å². The molecule has 3 aromatic carbocycles. The quantitative estimate of drug-likeness (QED) is 0.655. The first-order valence-electron chi connectivity index (χ1n) is 10.5. The average molecular weight is 387 g/mol. The molecule has 150 valence electrons. The molecule has 0 aliphatic carbocycles. The van der Waals surface area contributed by atoms with Crippen LogP contribution in [0.5, 0.6) is 0 Å². The highest BCUT2D eigenvalue weighted by Crippen LogP contribution is 2.23. The van der Waals surface area contributed by atoms with Gasteiger partial charge in [-0.2, -0.15) is 0 Å². The van der Waals surface area contributed by atoms with Crippen LogP contribution in [0, 0.1) is 0 Å². The van der Waals surface area contributed by atoms with Crippen LogP contribution in [0.15, 0.2) is 91.0 Å². The number of benzene rings is 3. The molecule has 1 heterocycles. The molecule has 0 aromatic heterocycles. The van der Waals surface area contributed by atoms with Gasteiger partial charge in [0.1, 0.15) is 0 Å². The van der Waals surface area contributed by atoms with E-state index in [1.54, 1.807) is 0 Å². The molecule has 1 saturated heterocycles. The van der Waals surface area contributed by atoms with Crippen LogP contribution in [0.3, 0.4) is 0 Å². The van der Waals surface area contributed by atoms with Gasteiger partial charge in [0.25, 0.3) is 0 Å². The van der Waals surface area contributed by atoms with E-state index >= 15 is 0 Å². The average Bonchev–Trinajstić information content (AvgIpc) is 2.76. The van der Waals surface area contributed by atoms with E-state index in [-0.39, 0.29) is 12.1 Å². The monoisotopic (exact) mass is 386 g/mol. The Bertz CT molecular complexity index is 812. The molecule has 1 unspecified atom stereocenters. The van der Waals surface area contributed by atoms with Crippen molar-refractivity contribution in [1.82, 2.24) is 9.80 Å². The number of nitrogens with zero attached hydrogens (tertiary/aromatic N) is 2. The van der Waals surface area contributed by atoms with Gasteiger partial charge in [0.05, 0.1) is 6.10 Å². The van der Waals surface area contributed by atoms with Gasteiger partial charge in [-0.3, -0.25) is 9.80 Å². The maximum Gasteiger partial charge on any atom is 0.0822 e. The molecule has 1 aliphatic heterocycles. The van der Waals surface area contributed by atoms with Gasteiger partial charge in [0, 0.05) is 38.8 Å². The molecule has 3 nitrogen and oxygen atoms in total. The van der Waals surface area contributed by atoms with Crippen LogP contribution in [-0.2, 0) is 19.6 Å². The van der Waals surface area contributed by atoms with Crippen molar-refractivity contribution in [2.75, 3.05) is 13.1 Å². The lowest BCUT2D eigenvalue weighted by molar-refractivity contribution is -0.0219. The Kier molecular flexibility index (Phi) is 6.73. The maximum atomic E-state index is 11.1. The second kappa shape index (κ2) is 9.84. The van der Waals surface area contributed by atoms with E-state index in [0.29, 0.717) is 0 Å². The molecule has 2 atom stereocenters. The highest BCUT2D eigenvalue weighted by molar-refractivity contribution is 5.18. The fourth-order valence-electron chi connectivity index (χ4n) is 4.32. The van der Waals surface area contributed by atoms with Crippen LogP contribution in [0.4, 0.5) is 0 Å². The minimum absolute atomic E-state index is 0.169. The van der Waals surface area contributed by atoms with E-state index in [0.717, 1.165) is 39.1 Å². The summed E-state index contributed by atoms with van der Waals surface area (Å²) in [6, 6.07) is 31.9. The highest BCUT2D eigenvalue weighted by atomic mass is 16.3. The summed E-state index contributed by atoms with van der Waals surface area (Å²) in [7, 11) is 0. The summed E-state index contributed by atoms with van der Waals surface area (Å²) in [5, 5.41) is 11.1. The lowest BCUT2D eigenvalue weighted by atomic mass is 9.98. The van der Waals surface area contributed by atoms with Crippen molar-refractivity contribution in [3.05, 3.63) is 108 Å². The van der Waals surface area contributed by atoms with Gasteiger partial charge in [-0.1, -0.05) is 91.0 Å². The van der Waals surface area contributed by atoms with E-state index in [4.69, 9.17) is 0 Å². The van der Waals surface area contributed by atoms with Crippen LogP contribution >= 0.6 is 0 Å². The number of β-amino-alcohol motifs (C(OH)–C–C–N with tert-alkyl or cyclic N) is 1. The molecule has 0 amide bonds. The molecule has 1 aliphatic rings. The largest absolute Gasteiger partial charge is 0.390 e. The third-order valence-electron chi connectivity index (χ3n) is 5.81. The van der Waals surface area contributed by atoms with Crippen molar-refractivity contribution in [3.63, 3.8) is 0 Å². The second-order valence-corrected chi connectivity index (χ2v) is 8.02. The van der Waals surface area contributed by atoms with Crippen LogP contribution in [0.2, 0.25) is 0 Å². The summed E-state index contributed by atoms with van der Waals surface area (Å²) in [6.07, 6.45) is 0.633. The SMILES string of the molecule is O[C@@H]1CN(Cc2ccccc2)CCC1N(Cc1ccccc1)Cc1ccccc1. The molecular formula is C26H30N2O. The minimum Gasteiger partial charge on any atom is -0.390 e. The number of rotatable bonds is 7. The van der Waals surface area contributed by atoms with Crippen LogP contribution < -0.4 is 0 Å². The number of piperidine rings is 1. The fourth-order valence-corrected chi connectivity index (χ4v) is 4.32. The first kappa shape index (κ1) is 19.8. The Hall–Kier alpha value is -2.46. The summed E-state index contributed by atoms with van der Waals surface area (Å²) >= 11 is 0. The van der Waals surface area contributed by atoms with Crippen molar-refractivity contribution >= 4 is 0 Å². The van der Waals surface area contributed by atoms with Crippen molar-refractivity contribution in [2.24, 2.45) is 0 Å². The Morgan fingerprint density at radius 3 is 1.69 bits per heavy atom. The second-order valence-electron chi connectivity index (χ2n) is 8.02. The number of aliphatic hydroxyl groups is 1. The van der Waals surface area contributed by atoms with E-state index in [2.05, 4.69) is 101 Å². The van der Waals surface area contributed by atoms with Crippen molar-refractivity contribution < 1.29 is 5.11 Å². The van der Waals surface area contributed by atoms with Crippen molar-refractivity contribution in [3.8, 4) is 0 Å². The Morgan fingerprint density at radius 1 is 0.724 bits per heavy atom. The lowest BCUT2D eigenvalue weighted by Crippen LogP contribution is -2.53. The molecule has 1 N–H and O–H groups in total. The normalized spacial score (nSPS) is 20.1. The molecule has 0 radical (unpaired) electrons. The zero-order valence-electron chi connectivity index (χ0n) is 16.9. The van der Waals surface area contributed by atoms with Gasteiger partial charge >= 0.3 is 0 Å². The lowest BCUT2D eigenvalue weighted by Gasteiger charge is -2.42. The predicted octanol–water partition coefficient (Wildman–Crippen LogP) is 4.32. The molecular weight excluding hydrogens is 356 g/mol. The van der Waals surface area contributed by atoms with Gasteiger partial charge in [0.2, 0.25) is 0 Å². The van der Waals surface area contributed by atoms with Gasteiger partial charge in [-0.25, -0.2) is 0 Å². The molecule has 0 saturated carbocycles. The van der Waals surface area contributed by atoms with Crippen molar-refractivity contribution in [1.29, 1.82) is 0 Å². The summed E-state index contributed by atoms with van der Waals surface area (Å²) in [4.78, 5) is 4.83. The first-order valence-corrected chi connectivity index (χ1v) is 10.5. The topological polar surface area (TPSA) is 26.7 Å². The molecule has 3 heteroatoms.